The number of hydrogen-bond acceptors (Lipinski definition) is 1. The minimum Gasteiger partial charge on any atom is -0.348 e. The predicted octanol–water partition coefficient (Wildman–Crippen LogP) is 3.08. The van der Waals surface area contributed by atoms with Gasteiger partial charge < -0.3 is 4.90 Å². The summed E-state index contributed by atoms with van der Waals surface area (Å²) < 4.78 is 0. The van der Waals surface area contributed by atoms with Crippen LogP contribution in [0.15, 0.2) is 60.7 Å². The number of hydrogen-bond donors (Lipinski definition) is 0. The smallest absolute Gasteiger partial charge is 0.236 e. The summed E-state index contributed by atoms with van der Waals surface area (Å²) in [7, 11) is 3.60. The average Bonchev–Trinajstić information content (AvgIpc) is 2.47. The summed E-state index contributed by atoms with van der Waals surface area (Å²) in [6.45, 7) is 1.99. The van der Waals surface area contributed by atoms with Crippen molar-refractivity contribution in [1.82, 2.24) is 4.90 Å². The lowest BCUT2D eigenvalue weighted by atomic mass is 9.75. The first-order valence-corrected chi connectivity index (χ1v) is 6.39. The number of carbonyl (C=O) groups is 1. The van der Waals surface area contributed by atoms with Gasteiger partial charge in [0.2, 0.25) is 5.91 Å². The lowest BCUT2D eigenvalue weighted by Gasteiger charge is -2.32. The van der Waals surface area contributed by atoms with Crippen LogP contribution in [0.3, 0.4) is 0 Å². The lowest BCUT2D eigenvalue weighted by Crippen LogP contribution is -2.42. The molecule has 0 radical (unpaired) electrons. The third-order valence-electron chi connectivity index (χ3n) is 3.54. The lowest BCUT2D eigenvalue weighted by molar-refractivity contribution is -0.132. The average molecular weight is 253 g/mol. The van der Waals surface area contributed by atoms with Crippen LogP contribution in [0.5, 0.6) is 0 Å². The van der Waals surface area contributed by atoms with E-state index in [1.165, 1.54) is 0 Å². The molecule has 0 bridgehead atoms. The molecular formula is C17H19NO. The molecule has 0 fully saturated rings. The van der Waals surface area contributed by atoms with Crippen molar-refractivity contribution in [1.29, 1.82) is 0 Å². The Hall–Kier alpha value is -2.09. The van der Waals surface area contributed by atoms with Crippen molar-refractivity contribution in [2.24, 2.45) is 0 Å². The second-order valence-corrected chi connectivity index (χ2v) is 5.06. The molecular weight excluding hydrogens is 234 g/mol. The van der Waals surface area contributed by atoms with Gasteiger partial charge in [-0.05, 0) is 18.1 Å². The third-order valence-corrected chi connectivity index (χ3v) is 3.54. The molecule has 98 valence electrons. The van der Waals surface area contributed by atoms with Gasteiger partial charge in [0.05, 0.1) is 5.41 Å². The number of amides is 1. The molecule has 0 aliphatic rings. The fourth-order valence-corrected chi connectivity index (χ4v) is 2.40. The van der Waals surface area contributed by atoms with E-state index in [0.717, 1.165) is 11.1 Å². The van der Waals surface area contributed by atoms with E-state index in [2.05, 4.69) is 0 Å². The Balaban J connectivity index is 2.61. The summed E-state index contributed by atoms with van der Waals surface area (Å²) in [5, 5.41) is 0. The summed E-state index contributed by atoms with van der Waals surface area (Å²) in [6.07, 6.45) is 0. The first kappa shape index (κ1) is 13.3. The highest BCUT2D eigenvalue weighted by molar-refractivity contribution is 5.91. The molecule has 0 aromatic heterocycles. The van der Waals surface area contributed by atoms with Gasteiger partial charge in [-0.25, -0.2) is 0 Å². The SMILES string of the molecule is CN(C)C(=O)C(C)(c1ccccc1)c1ccccc1. The molecule has 0 saturated heterocycles. The quantitative estimate of drug-likeness (QED) is 0.823. The van der Waals surface area contributed by atoms with Crippen molar-refractivity contribution in [3.63, 3.8) is 0 Å². The minimum absolute atomic E-state index is 0.0879. The summed E-state index contributed by atoms with van der Waals surface area (Å²) in [5.74, 6) is 0.0879. The maximum Gasteiger partial charge on any atom is 0.236 e. The maximum atomic E-state index is 12.7. The molecule has 1 amide bonds. The van der Waals surface area contributed by atoms with Gasteiger partial charge in [0.25, 0.3) is 0 Å². The fourth-order valence-electron chi connectivity index (χ4n) is 2.40. The van der Waals surface area contributed by atoms with Gasteiger partial charge in [-0.1, -0.05) is 60.7 Å². The van der Waals surface area contributed by atoms with Crippen LogP contribution in [-0.4, -0.2) is 24.9 Å². The van der Waals surface area contributed by atoms with Crippen LogP contribution < -0.4 is 0 Å². The monoisotopic (exact) mass is 253 g/mol. The maximum absolute atomic E-state index is 12.7. The van der Waals surface area contributed by atoms with Gasteiger partial charge in [0.1, 0.15) is 0 Å². The van der Waals surface area contributed by atoms with Crippen LogP contribution in [0.4, 0.5) is 0 Å². The molecule has 2 heteroatoms. The zero-order valence-electron chi connectivity index (χ0n) is 11.6. The summed E-state index contributed by atoms with van der Waals surface area (Å²) in [4.78, 5) is 14.3. The molecule has 19 heavy (non-hydrogen) atoms. The molecule has 0 spiro atoms. The van der Waals surface area contributed by atoms with Crippen molar-refractivity contribution in [2.75, 3.05) is 14.1 Å². The molecule has 0 unspecified atom stereocenters. The Morgan fingerprint density at radius 1 is 0.842 bits per heavy atom. The van der Waals surface area contributed by atoms with E-state index >= 15 is 0 Å². The van der Waals surface area contributed by atoms with Gasteiger partial charge in [-0.3, -0.25) is 4.79 Å². The van der Waals surface area contributed by atoms with Crippen LogP contribution in [0.1, 0.15) is 18.1 Å². The van der Waals surface area contributed by atoms with Crippen LogP contribution in [-0.2, 0) is 10.2 Å². The van der Waals surface area contributed by atoms with E-state index in [4.69, 9.17) is 0 Å². The summed E-state index contributed by atoms with van der Waals surface area (Å²) >= 11 is 0. The van der Waals surface area contributed by atoms with Crippen molar-refractivity contribution >= 4 is 5.91 Å². The normalized spacial score (nSPS) is 11.1. The molecule has 2 aromatic carbocycles. The van der Waals surface area contributed by atoms with E-state index in [-0.39, 0.29) is 5.91 Å². The van der Waals surface area contributed by atoms with Crippen molar-refractivity contribution < 1.29 is 4.79 Å². The summed E-state index contributed by atoms with van der Waals surface area (Å²) in [5.41, 5.74) is 1.38. The van der Waals surface area contributed by atoms with Gasteiger partial charge in [0, 0.05) is 14.1 Å². The molecule has 0 saturated carbocycles. The molecule has 0 aliphatic heterocycles. The minimum atomic E-state index is -0.647. The zero-order valence-corrected chi connectivity index (χ0v) is 11.6. The molecule has 0 heterocycles. The van der Waals surface area contributed by atoms with E-state index in [1.807, 2.05) is 67.6 Å². The van der Waals surface area contributed by atoms with E-state index < -0.39 is 5.41 Å². The van der Waals surface area contributed by atoms with Crippen LogP contribution in [0.25, 0.3) is 0 Å². The van der Waals surface area contributed by atoms with Crippen molar-refractivity contribution in [3.05, 3.63) is 71.8 Å². The number of likely N-dealkylation sites (N-methyl/N-ethyl adjacent to an activating group) is 1. The number of carbonyl (C=O) groups excluding carboxylic acids is 1. The fraction of sp³-hybridized carbons (Fsp3) is 0.235. The highest BCUT2D eigenvalue weighted by Gasteiger charge is 2.37. The predicted molar refractivity (Wildman–Crippen MR) is 78.0 cm³/mol. The van der Waals surface area contributed by atoms with Gasteiger partial charge in [0.15, 0.2) is 0 Å². The second kappa shape index (κ2) is 5.27. The second-order valence-electron chi connectivity index (χ2n) is 5.06. The van der Waals surface area contributed by atoms with Gasteiger partial charge >= 0.3 is 0 Å². The Morgan fingerprint density at radius 3 is 1.53 bits per heavy atom. The Bertz CT molecular complexity index is 506. The number of rotatable bonds is 3. The standard InChI is InChI=1S/C17H19NO/c1-17(16(19)18(2)3,14-10-6-4-7-11-14)15-12-8-5-9-13-15/h4-13H,1-3H3. The summed E-state index contributed by atoms with van der Waals surface area (Å²) in [6, 6.07) is 19.9. The van der Waals surface area contributed by atoms with E-state index in [0.29, 0.717) is 0 Å². The highest BCUT2D eigenvalue weighted by Crippen LogP contribution is 2.33. The highest BCUT2D eigenvalue weighted by atomic mass is 16.2. The van der Waals surface area contributed by atoms with Gasteiger partial charge in [-0.2, -0.15) is 0 Å². The molecule has 2 rings (SSSR count). The molecule has 2 aromatic rings. The number of benzene rings is 2. The molecule has 2 nitrogen and oxygen atoms in total. The Morgan fingerprint density at radius 2 is 1.21 bits per heavy atom. The van der Waals surface area contributed by atoms with E-state index in [9.17, 15) is 4.79 Å². The Labute approximate surface area is 114 Å². The molecule has 0 aliphatic carbocycles. The van der Waals surface area contributed by atoms with Gasteiger partial charge in [-0.15, -0.1) is 0 Å². The topological polar surface area (TPSA) is 20.3 Å². The largest absolute Gasteiger partial charge is 0.348 e. The van der Waals surface area contributed by atoms with Crippen LogP contribution >= 0.6 is 0 Å². The van der Waals surface area contributed by atoms with Crippen LogP contribution in [0, 0.1) is 0 Å². The Kier molecular flexibility index (Phi) is 3.70. The van der Waals surface area contributed by atoms with Crippen molar-refractivity contribution in [3.8, 4) is 0 Å². The molecule has 0 N–H and O–H groups in total. The van der Waals surface area contributed by atoms with E-state index in [1.54, 1.807) is 19.0 Å². The van der Waals surface area contributed by atoms with Crippen LogP contribution in [0.2, 0.25) is 0 Å². The number of nitrogens with zero attached hydrogens (tertiary/aromatic N) is 1. The third kappa shape index (κ3) is 2.39. The zero-order chi connectivity index (χ0) is 13.9. The first-order chi connectivity index (χ1) is 9.06. The molecule has 0 atom stereocenters. The first-order valence-electron chi connectivity index (χ1n) is 6.39. The van der Waals surface area contributed by atoms with Crippen molar-refractivity contribution in [2.45, 2.75) is 12.3 Å².